The van der Waals surface area contributed by atoms with Gasteiger partial charge in [0.05, 0.1) is 0 Å². The van der Waals surface area contributed by atoms with Gasteiger partial charge in [0.1, 0.15) is 17.3 Å². The summed E-state index contributed by atoms with van der Waals surface area (Å²) in [6, 6.07) is 9.64. The molecule has 1 amide bonds. The lowest BCUT2D eigenvalue weighted by molar-refractivity contribution is 0.0945. The number of rotatable bonds is 5. The van der Waals surface area contributed by atoms with Crippen LogP contribution in [0.3, 0.4) is 0 Å². The highest BCUT2D eigenvalue weighted by Crippen LogP contribution is 2.12. The van der Waals surface area contributed by atoms with Gasteiger partial charge in [0.2, 0.25) is 0 Å². The fourth-order valence-corrected chi connectivity index (χ4v) is 2.48. The molecule has 0 aliphatic carbocycles. The maximum absolute atomic E-state index is 12.3. The van der Waals surface area contributed by atoms with Crippen molar-refractivity contribution in [3.8, 4) is 5.69 Å². The smallest absolute Gasteiger partial charge is 0.270 e. The van der Waals surface area contributed by atoms with Gasteiger partial charge in [-0.1, -0.05) is 26.0 Å². The summed E-state index contributed by atoms with van der Waals surface area (Å²) in [5.74, 6) is 1.60. The lowest BCUT2D eigenvalue weighted by Gasteiger charge is -2.09. The summed E-state index contributed by atoms with van der Waals surface area (Å²) >= 11 is 0. The van der Waals surface area contributed by atoms with Crippen LogP contribution in [-0.4, -0.2) is 25.4 Å². The van der Waals surface area contributed by atoms with E-state index >= 15 is 0 Å². The highest BCUT2D eigenvalue weighted by Gasteiger charge is 2.10. The first-order valence-electron chi connectivity index (χ1n) is 8.25. The summed E-state index contributed by atoms with van der Waals surface area (Å²) in [6.45, 7) is 6.41. The zero-order valence-corrected chi connectivity index (χ0v) is 14.6. The summed E-state index contributed by atoms with van der Waals surface area (Å²) in [4.78, 5) is 25.0. The van der Waals surface area contributed by atoms with Crippen LogP contribution in [0.25, 0.3) is 5.69 Å². The summed E-state index contributed by atoms with van der Waals surface area (Å²) in [7, 11) is 0. The largest absolute Gasteiger partial charge is 0.347 e. The molecule has 0 aliphatic heterocycles. The van der Waals surface area contributed by atoms with Crippen LogP contribution in [0.2, 0.25) is 0 Å². The number of benzene rings is 1. The molecule has 0 atom stereocenters. The molecule has 0 saturated heterocycles. The van der Waals surface area contributed by atoms with E-state index in [9.17, 15) is 4.79 Å². The number of hydrogen-bond acceptors (Lipinski definition) is 4. The van der Waals surface area contributed by atoms with Gasteiger partial charge < -0.3 is 9.88 Å². The second-order valence-electron chi connectivity index (χ2n) is 6.15. The van der Waals surface area contributed by atoms with Gasteiger partial charge in [0, 0.05) is 36.7 Å². The molecule has 2 aromatic heterocycles. The van der Waals surface area contributed by atoms with Crippen molar-refractivity contribution in [2.75, 3.05) is 0 Å². The summed E-state index contributed by atoms with van der Waals surface area (Å²) < 4.78 is 2.01. The van der Waals surface area contributed by atoms with Crippen LogP contribution < -0.4 is 5.32 Å². The van der Waals surface area contributed by atoms with Crippen molar-refractivity contribution in [2.45, 2.75) is 33.2 Å². The molecule has 1 aromatic carbocycles. The normalized spacial score (nSPS) is 10.9. The Labute approximate surface area is 147 Å². The quantitative estimate of drug-likeness (QED) is 0.778. The fraction of sp³-hybridized carbons (Fsp3) is 0.263. The number of carbonyl (C=O) groups excluding carboxylic acids is 1. The van der Waals surface area contributed by atoms with Gasteiger partial charge in [-0.25, -0.2) is 15.0 Å². The fourth-order valence-electron chi connectivity index (χ4n) is 2.48. The van der Waals surface area contributed by atoms with E-state index in [1.54, 1.807) is 18.5 Å². The number of nitrogens with zero attached hydrogens (tertiary/aromatic N) is 4. The van der Waals surface area contributed by atoms with Crippen LogP contribution in [0.5, 0.6) is 0 Å². The van der Waals surface area contributed by atoms with E-state index in [0.717, 1.165) is 17.1 Å². The highest BCUT2D eigenvalue weighted by molar-refractivity contribution is 5.92. The zero-order valence-electron chi connectivity index (χ0n) is 14.6. The second-order valence-corrected chi connectivity index (χ2v) is 6.15. The Balaban J connectivity index is 1.64. The third-order valence-electron chi connectivity index (χ3n) is 3.92. The first-order valence-corrected chi connectivity index (χ1v) is 8.25. The predicted octanol–water partition coefficient (Wildman–Crippen LogP) is 3.02. The molecule has 2 heterocycles. The van der Waals surface area contributed by atoms with Gasteiger partial charge in [-0.15, -0.1) is 0 Å². The Kier molecular flexibility index (Phi) is 4.88. The maximum Gasteiger partial charge on any atom is 0.270 e. The topological polar surface area (TPSA) is 72.7 Å². The Hall–Kier alpha value is -3.02. The molecule has 0 unspecified atom stereocenters. The van der Waals surface area contributed by atoms with Crippen molar-refractivity contribution in [1.82, 2.24) is 24.8 Å². The summed E-state index contributed by atoms with van der Waals surface area (Å²) in [5.41, 5.74) is 2.46. The molecule has 0 aliphatic rings. The molecule has 1 N–H and O–H groups in total. The zero-order chi connectivity index (χ0) is 17.8. The van der Waals surface area contributed by atoms with Crippen molar-refractivity contribution in [1.29, 1.82) is 0 Å². The molecule has 3 rings (SSSR count). The van der Waals surface area contributed by atoms with Crippen molar-refractivity contribution in [2.24, 2.45) is 0 Å². The predicted molar refractivity (Wildman–Crippen MR) is 95.6 cm³/mol. The van der Waals surface area contributed by atoms with Crippen LogP contribution in [0, 0.1) is 6.92 Å². The SMILES string of the molecule is Cc1nccn1-c1ccc(CNC(=O)c2ccnc(C(C)C)n2)cc1. The third-order valence-corrected chi connectivity index (χ3v) is 3.92. The number of imidazole rings is 1. The van der Waals surface area contributed by atoms with Gasteiger partial charge in [0.25, 0.3) is 5.91 Å². The Morgan fingerprint density at radius 1 is 1.12 bits per heavy atom. The average Bonchev–Trinajstić information content (AvgIpc) is 3.06. The van der Waals surface area contributed by atoms with Crippen molar-refractivity contribution < 1.29 is 4.79 Å². The van der Waals surface area contributed by atoms with Crippen LogP contribution >= 0.6 is 0 Å². The first kappa shape index (κ1) is 16.8. The third kappa shape index (κ3) is 3.91. The number of aromatic nitrogens is 4. The van der Waals surface area contributed by atoms with Gasteiger partial charge in [-0.2, -0.15) is 0 Å². The molecule has 6 heteroatoms. The van der Waals surface area contributed by atoms with E-state index < -0.39 is 0 Å². The van der Waals surface area contributed by atoms with E-state index in [-0.39, 0.29) is 11.8 Å². The Morgan fingerprint density at radius 2 is 1.88 bits per heavy atom. The van der Waals surface area contributed by atoms with Gasteiger partial charge >= 0.3 is 0 Å². The van der Waals surface area contributed by atoms with Crippen molar-refractivity contribution >= 4 is 5.91 Å². The van der Waals surface area contributed by atoms with E-state index in [1.807, 2.05) is 55.8 Å². The van der Waals surface area contributed by atoms with Gasteiger partial charge in [-0.05, 0) is 30.7 Å². The first-order chi connectivity index (χ1) is 12.0. The molecule has 6 nitrogen and oxygen atoms in total. The lowest BCUT2D eigenvalue weighted by atomic mass is 10.2. The molecule has 0 spiro atoms. The number of nitrogens with one attached hydrogen (secondary N) is 1. The van der Waals surface area contributed by atoms with E-state index in [0.29, 0.717) is 18.1 Å². The van der Waals surface area contributed by atoms with Crippen LogP contribution in [0.4, 0.5) is 0 Å². The number of hydrogen-bond donors (Lipinski definition) is 1. The monoisotopic (exact) mass is 335 g/mol. The standard InChI is InChI=1S/C19H21N5O/c1-13(2)18-21-9-8-17(23-18)19(25)22-12-15-4-6-16(7-5-15)24-11-10-20-14(24)3/h4-11,13H,12H2,1-3H3,(H,22,25). The molecule has 0 saturated carbocycles. The van der Waals surface area contributed by atoms with Gasteiger partial charge in [-0.3, -0.25) is 4.79 Å². The second kappa shape index (κ2) is 7.25. The summed E-state index contributed by atoms with van der Waals surface area (Å²) in [6.07, 6.45) is 5.32. The number of amides is 1. The number of carbonyl (C=O) groups is 1. The minimum absolute atomic E-state index is 0.187. The molecule has 0 bridgehead atoms. The van der Waals surface area contributed by atoms with E-state index in [4.69, 9.17) is 0 Å². The van der Waals surface area contributed by atoms with Gasteiger partial charge in [0.15, 0.2) is 0 Å². The Bertz CT molecular complexity index is 868. The summed E-state index contributed by atoms with van der Waals surface area (Å²) in [5, 5.41) is 2.90. The molecule has 128 valence electrons. The molecule has 25 heavy (non-hydrogen) atoms. The van der Waals surface area contributed by atoms with E-state index in [1.165, 1.54) is 0 Å². The minimum atomic E-state index is -0.196. The minimum Gasteiger partial charge on any atom is -0.347 e. The van der Waals surface area contributed by atoms with Crippen molar-refractivity contribution in [3.63, 3.8) is 0 Å². The molecular weight excluding hydrogens is 314 g/mol. The average molecular weight is 335 g/mol. The van der Waals surface area contributed by atoms with Crippen LogP contribution in [0.1, 0.15) is 47.5 Å². The molecule has 3 aromatic rings. The van der Waals surface area contributed by atoms with E-state index in [2.05, 4.69) is 20.3 Å². The van der Waals surface area contributed by atoms with Crippen molar-refractivity contribution in [3.05, 3.63) is 71.8 Å². The highest BCUT2D eigenvalue weighted by atomic mass is 16.1. The lowest BCUT2D eigenvalue weighted by Crippen LogP contribution is -2.24. The molecular formula is C19H21N5O. The Morgan fingerprint density at radius 3 is 2.52 bits per heavy atom. The molecule has 0 radical (unpaired) electrons. The van der Waals surface area contributed by atoms with Crippen LogP contribution in [-0.2, 0) is 6.54 Å². The van der Waals surface area contributed by atoms with Crippen LogP contribution in [0.15, 0.2) is 48.9 Å². The number of aryl methyl sites for hydroxylation is 1. The molecule has 0 fully saturated rings. The maximum atomic E-state index is 12.3.